The molecule has 0 spiro atoms. The van der Waals surface area contributed by atoms with Crippen molar-refractivity contribution in [3.8, 4) is 0 Å². The number of unbranched alkanes of at least 4 members (excludes halogenated alkanes) is 2. The van der Waals surface area contributed by atoms with Gasteiger partial charge in [0, 0.05) is 175 Å². The molecule has 1 saturated heterocycles. The zero-order valence-electron chi connectivity index (χ0n) is 85.6. The molecule has 800 valence electrons. The Labute approximate surface area is 856 Å². The van der Waals surface area contributed by atoms with E-state index >= 15 is 0 Å². The van der Waals surface area contributed by atoms with Gasteiger partial charge >= 0.3 is 12.0 Å². The van der Waals surface area contributed by atoms with Gasteiger partial charge in [-0.1, -0.05) is 131 Å². The number of urea groups is 1. The molecule has 0 bridgehead atoms. The van der Waals surface area contributed by atoms with Crippen molar-refractivity contribution in [3.63, 3.8) is 0 Å². The maximum Gasteiger partial charge on any atom is 0.326 e. The van der Waals surface area contributed by atoms with E-state index in [1.54, 1.807) is 100 Å². The number of nitrogens with one attached hydrogen (secondary N) is 13. The molecule has 1 aliphatic heterocycles. The number of hydrogen-bond donors (Lipinski definition) is 15. The number of aliphatic carboxylic acids is 1. The normalized spacial score (nSPS) is 14.5. The molecule has 1 heterocycles. The van der Waals surface area contributed by atoms with Crippen molar-refractivity contribution in [2.45, 2.75) is 192 Å². The molecular formula is C101H145N19O22S4. The third-order valence-electron chi connectivity index (χ3n) is 25.1. The van der Waals surface area contributed by atoms with E-state index in [9.17, 15) is 86.7 Å². The number of carboxylic acid groups (broad SMARTS) is 1. The SMILES string of the molecule is CC[C@H](C)[C@H](NC(=O)[C@H](C)NC(=O)[C@H](CC(C)C)NC(=O)[C@H](CCCCN)NC(=O)[C@H](C)NC(=O)[C@@H]1CCCN1C(=O)CNC(=O)NC(COCCCNS(=O)(=O)c1cccc2c(N(C)C)cccc12)(COCCCNS(=O)(=O)c1cccc2c(N(C)C)cccc12)COCCCNS(=O)(=O)c1cccc2c(N(C)C)cccc12)C(=O)NCC(=O)N[C@@H](CCCCNS(=O)(=O)c1cccc2c(N(C)C)cccc12)C(=O)O. The third-order valence-corrected chi connectivity index (χ3v) is 31.1. The minimum Gasteiger partial charge on any atom is -0.480 e. The molecule has 16 N–H and O–H groups in total. The molecule has 10 amide bonds. The van der Waals surface area contributed by atoms with Crippen LogP contribution in [0.4, 0.5) is 27.5 Å². The predicted octanol–water partition coefficient (Wildman–Crippen LogP) is 5.57. The zero-order valence-corrected chi connectivity index (χ0v) is 88.9. The Kier molecular flexibility index (Phi) is 44.4. The van der Waals surface area contributed by atoms with Crippen LogP contribution in [0.15, 0.2) is 165 Å². The number of carbonyl (C=O) groups is 10. The first-order valence-corrected chi connectivity index (χ1v) is 55.0. The quantitative estimate of drug-likeness (QED) is 0.0207. The number of rotatable bonds is 61. The van der Waals surface area contributed by atoms with Crippen LogP contribution in [0.3, 0.4) is 0 Å². The van der Waals surface area contributed by atoms with Gasteiger partial charge in [-0.05, 0) is 158 Å². The number of ether oxygens (including phenoxy) is 3. The van der Waals surface area contributed by atoms with Crippen LogP contribution in [0.5, 0.6) is 0 Å². The summed E-state index contributed by atoms with van der Waals surface area (Å²) in [6.07, 6.45) is 2.21. The van der Waals surface area contributed by atoms with Gasteiger partial charge in [0.25, 0.3) is 0 Å². The molecule has 8 aromatic carbocycles. The lowest BCUT2D eigenvalue weighted by Crippen LogP contribution is -2.61. The van der Waals surface area contributed by atoms with Crippen molar-refractivity contribution in [2.24, 2.45) is 17.6 Å². The molecule has 146 heavy (non-hydrogen) atoms. The highest BCUT2D eigenvalue weighted by molar-refractivity contribution is 7.90. The molecule has 0 radical (unpaired) electrons. The number of carbonyl (C=O) groups excluding carboxylic acids is 9. The number of fused-ring (bicyclic) bond motifs is 4. The lowest BCUT2D eigenvalue weighted by Gasteiger charge is -2.34. The maximum atomic E-state index is 14.6. The van der Waals surface area contributed by atoms with Gasteiger partial charge in [0.05, 0.1) is 52.5 Å². The van der Waals surface area contributed by atoms with Crippen molar-refractivity contribution >= 4 is 165 Å². The zero-order chi connectivity index (χ0) is 107. The molecule has 0 unspecified atom stereocenters. The van der Waals surface area contributed by atoms with Gasteiger partial charge in [-0.15, -0.1) is 0 Å². The van der Waals surface area contributed by atoms with Gasteiger partial charge in [0.1, 0.15) is 47.8 Å². The molecule has 1 fully saturated rings. The first-order chi connectivity index (χ1) is 69.3. The smallest absolute Gasteiger partial charge is 0.326 e. The Hall–Kier alpha value is -12.0. The summed E-state index contributed by atoms with van der Waals surface area (Å²) in [4.78, 5) is 149. The number of nitrogens with two attached hydrogens (primary N) is 1. The number of sulfonamides is 4. The van der Waals surface area contributed by atoms with Crippen LogP contribution in [0.2, 0.25) is 0 Å². The first kappa shape index (κ1) is 118. The van der Waals surface area contributed by atoms with E-state index in [0.29, 0.717) is 47.2 Å². The number of anilines is 4. The van der Waals surface area contributed by atoms with Crippen molar-refractivity contribution in [1.29, 1.82) is 0 Å². The monoisotopic (exact) mass is 2100 g/mol. The average molecular weight is 2110 g/mol. The summed E-state index contributed by atoms with van der Waals surface area (Å²) >= 11 is 0. The van der Waals surface area contributed by atoms with Crippen molar-refractivity contribution in [2.75, 3.05) is 168 Å². The molecule has 8 aromatic rings. The van der Waals surface area contributed by atoms with E-state index in [4.69, 9.17) is 19.9 Å². The second kappa shape index (κ2) is 55.1. The van der Waals surface area contributed by atoms with Gasteiger partial charge < -0.3 is 97.4 Å². The number of amides is 10. The van der Waals surface area contributed by atoms with Gasteiger partial charge in [-0.2, -0.15) is 0 Å². The third kappa shape index (κ3) is 33.0. The van der Waals surface area contributed by atoms with E-state index < -0.39 is 166 Å². The molecule has 8 atom stereocenters. The summed E-state index contributed by atoms with van der Waals surface area (Å²) in [5.74, 6) is -8.53. The fourth-order valence-electron chi connectivity index (χ4n) is 17.2. The van der Waals surface area contributed by atoms with E-state index in [1.807, 2.05) is 125 Å². The van der Waals surface area contributed by atoms with Crippen LogP contribution in [0.25, 0.3) is 43.1 Å². The Morgan fingerprint density at radius 1 is 0.425 bits per heavy atom. The maximum absolute atomic E-state index is 14.6. The summed E-state index contributed by atoms with van der Waals surface area (Å²) in [7, 11) is -1.47. The number of hydrogen-bond acceptors (Lipinski definition) is 26. The van der Waals surface area contributed by atoms with Gasteiger partial charge in [-0.25, -0.2) is 62.1 Å². The van der Waals surface area contributed by atoms with Crippen LogP contribution in [-0.4, -0.2) is 299 Å². The molecule has 0 saturated carbocycles. The molecule has 9 rings (SSSR count). The summed E-state index contributed by atoms with van der Waals surface area (Å²) < 4.78 is 141. The minimum atomic E-state index is -4.10. The molecule has 0 aliphatic carbocycles. The minimum absolute atomic E-state index is 0.0139. The van der Waals surface area contributed by atoms with Crippen LogP contribution in [0, 0.1) is 11.8 Å². The van der Waals surface area contributed by atoms with E-state index in [2.05, 4.69) is 66.7 Å². The standard InChI is InChI=1S/C101H145N19O22S4/c1-15-67(4)92(98(128)103-61-90(121)111-79(99(129)130)41-17-19-52-105-143(132,133)86-47-24-32-70-74(86)36-20-42-81(70)116(7)8)114-94(124)69(6)109-96(126)80(60-66(2)3)113-95(125)78(40-16-18-51-102)112-93(123)68(5)110-97(127)85-46-28-56-120(85)91(122)62-104-100(131)115-101(63-140-57-29-53-106-144(134,135)87-48-25-33-71-75(87)37-21-43-82(71)117(9)10,64-141-58-30-54-107-145(136,137)88-49-26-34-72-76(88)38-22-44-83(72)118(11)12)65-142-59-31-55-108-146(138,139)89-50-27-35-73-77(89)39-23-45-84(73)119(13)14/h20-27,32-39,42-45,47-50,66-69,78-80,85,92,105-108H,15-19,28-31,40-41,46,51-65,102H2,1-14H3,(H,103,128)(H,109,126)(H,110,127)(H,111,121)(H,112,123)(H,113,125)(H,114,124)(H,129,130)(H2,104,115,131)/t67-,68-,69-,78-,79-,80-,85-,92-/m0/s1. The first-order valence-electron chi connectivity index (χ1n) is 49.1. The number of benzene rings is 8. The van der Waals surface area contributed by atoms with Gasteiger partial charge in [0.15, 0.2) is 0 Å². The lowest BCUT2D eigenvalue weighted by atomic mass is 9.97. The predicted molar refractivity (Wildman–Crippen MR) is 563 cm³/mol. The molecule has 41 nitrogen and oxygen atoms in total. The van der Waals surface area contributed by atoms with Crippen LogP contribution < -0.4 is 92.1 Å². The summed E-state index contributed by atoms with van der Waals surface area (Å²) in [5.41, 5.74) is 7.44. The Morgan fingerprint density at radius 2 is 0.795 bits per heavy atom. The summed E-state index contributed by atoms with van der Waals surface area (Å²) in [6, 6.07) is 31.4. The number of nitrogens with zero attached hydrogens (tertiary/aromatic N) is 5. The van der Waals surface area contributed by atoms with Crippen molar-refractivity contribution in [1.82, 2.24) is 71.6 Å². The summed E-state index contributed by atoms with van der Waals surface area (Å²) in [5, 5.41) is 38.6. The Morgan fingerprint density at radius 3 is 1.19 bits per heavy atom. The van der Waals surface area contributed by atoms with Crippen molar-refractivity contribution < 1.29 is 101 Å². The molecular weight excluding hydrogens is 1960 g/mol. The van der Waals surface area contributed by atoms with E-state index in [-0.39, 0.29) is 162 Å². The lowest BCUT2D eigenvalue weighted by molar-refractivity contribution is -0.142. The molecule has 0 aromatic heterocycles. The molecule has 45 heteroatoms. The van der Waals surface area contributed by atoms with Crippen LogP contribution >= 0.6 is 0 Å². The molecule has 1 aliphatic rings. The fourth-order valence-corrected chi connectivity index (χ4v) is 22.3. The highest BCUT2D eigenvalue weighted by Gasteiger charge is 2.40. The van der Waals surface area contributed by atoms with Crippen LogP contribution in [-0.2, 0) is 97.5 Å². The topological polar surface area (TPSA) is 554 Å². The Bertz CT molecular complexity index is 6040. The second-order valence-corrected chi connectivity index (χ2v) is 44.7. The van der Waals surface area contributed by atoms with Gasteiger partial charge in [-0.3, -0.25) is 38.4 Å². The fraction of sp³-hybridized carbons (Fsp3) is 0.505. The summed E-state index contributed by atoms with van der Waals surface area (Å²) in [6.45, 7) is 6.76. The van der Waals surface area contributed by atoms with Gasteiger partial charge in [0.2, 0.25) is 87.4 Å². The van der Waals surface area contributed by atoms with E-state index in [0.717, 1.165) is 44.3 Å². The van der Waals surface area contributed by atoms with Crippen LogP contribution in [0.1, 0.15) is 125 Å². The highest BCUT2D eigenvalue weighted by atomic mass is 32.2. The van der Waals surface area contributed by atoms with Crippen molar-refractivity contribution in [3.05, 3.63) is 146 Å². The van der Waals surface area contributed by atoms with E-state index in [1.165, 1.54) is 43.0 Å². The Balaban J connectivity index is 0.818. The second-order valence-electron chi connectivity index (χ2n) is 37.8. The number of carboxylic acids is 1. The highest BCUT2D eigenvalue weighted by Crippen LogP contribution is 2.36. The number of likely N-dealkylation sites (tertiary alicyclic amines) is 1. The largest absolute Gasteiger partial charge is 0.480 e. The average Bonchev–Trinajstić information content (AvgIpc) is 0.839.